The summed E-state index contributed by atoms with van der Waals surface area (Å²) in [5.74, 6) is 0.785. The van der Waals surface area contributed by atoms with Crippen LogP contribution in [0.4, 0.5) is 0 Å². The highest BCUT2D eigenvalue weighted by Gasteiger charge is 2.13. The minimum Gasteiger partial charge on any atom is -0.493 e. The second-order valence-electron chi connectivity index (χ2n) is 3.48. The van der Waals surface area contributed by atoms with Crippen LogP contribution in [0.1, 0.15) is 22.3 Å². The van der Waals surface area contributed by atoms with E-state index in [0.717, 1.165) is 30.8 Å². The third kappa shape index (κ3) is 2.10. The molecule has 1 amide bonds. The second kappa shape index (κ2) is 4.31. The van der Waals surface area contributed by atoms with E-state index in [0.29, 0.717) is 5.56 Å². The van der Waals surface area contributed by atoms with Crippen molar-refractivity contribution in [2.45, 2.75) is 12.8 Å². The molecule has 1 aromatic rings. The minimum atomic E-state index is -0.120. The summed E-state index contributed by atoms with van der Waals surface area (Å²) in [6, 6.07) is 5.52. The van der Waals surface area contributed by atoms with Crippen LogP contribution in [-0.2, 0) is 6.42 Å². The molecule has 0 aromatic heterocycles. The lowest BCUT2D eigenvalue weighted by Gasteiger charge is -2.17. The molecule has 4 heteroatoms. The molecule has 0 saturated heterocycles. The van der Waals surface area contributed by atoms with Crippen LogP contribution in [-0.4, -0.2) is 19.6 Å². The first-order chi connectivity index (χ1) is 7.31. The Balaban J connectivity index is 2.24. The molecule has 0 saturated carbocycles. The molecular formula is C11H14N2O2. The summed E-state index contributed by atoms with van der Waals surface area (Å²) in [5, 5.41) is 0. The van der Waals surface area contributed by atoms with Gasteiger partial charge in [-0.15, -0.1) is 0 Å². The van der Waals surface area contributed by atoms with E-state index >= 15 is 0 Å². The molecule has 0 unspecified atom stereocenters. The molecule has 0 bridgehead atoms. The van der Waals surface area contributed by atoms with Crippen molar-refractivity contribution in [2.24, 2.45) is 0 Å². The van der Waals surface area contributed by atoms with Crippen LogP contribution in [0.5, 0.6) is 5.75 Å². The quantitative estimate of drug-likeness (QED) is 0.706. The summed E-state index contributed by atoms with van der Waals surface area (Å²) in [6.07, 6.45) is 2.00. The van der Waals surface area contributed by atoms with Gasteiger partial charge in [0.2, 0.25) is 0 Å². The predicted molar refractivity (Wildman–Crippen MR) is 56.8 cm³/mol. The number of rotatable bonds is 2. The summed E-state index contributed by atoms with van der Waals surface area (Å²) in [6.45, 7) is 0.773. The number of aryl methyl sites for hydroxylation is 1. The van der Waals surface area contributed by atoms with E-state index < -0.39 is 0 Å². The highest BCUT2D eigenvalue weighted by molar-refractivity contribution is 5.94. The lowest BCUT2D eigenvalue weighted by molar-refractivity contribution is 0.0938. The van der Waals surface area contributed by atoms with E-state index in [2.05, 4.69) is 10.9 Å². The average Bonchev–Trinajstić information content (AvgIpc) is 2.29. The maximum absolute atomic E-state index is 11.5. The van der Waals surface area contributed by atoms with Crippen molar-refractivity contribution in [3.8, 4) is 5.75 Å². The van der Waals surface area contributed by atoms with E-state index in [1.165, 1.54) is 0 Å². The van der Waals surface area contributed by atoms with Gasteiger partial charge in [0.1, 0.15) is 5.75 Å². The van der Waals surface area contributed by atoms with Gasteiger partial charge in [-0.25, -0.2) is 5.43 Å². The Bertz CT molecular complexity index is 377. The number of amides is 1. The van der Waals surface area contributed by atoms with Crippen LogP contribution < -0.4 is 15.6 Å². The molecule has 80 valence electrons. The molecule has 1 heterocycles. The molecule has 0 aliphatic carbocycles. The number of hydrazine groups is 1. The van der Waals surface area contributed by atoms with Gasteiger partial charge in [-0.2, -0.15) is 0 Å². The van der Waals surface area contributed by atoms with E-state index in [1.54, 1.807) is 13.1 Å². The number of ether oxygens (including phenoxy) is 1. The van der Waals surface area contributed by atoms with Gasteiger partial charge in [0.25, 0.3) is 5.91 Å². The molecule has 15 heavy (non-hydrogen) atoms. The highest BCUT2D eigenvalue weighted by Crippen LogP contribution is 2.25. The molecule has 1 aromatic carbocycles. The first-order valence-electron chi connectivity index (χ1n) is 5.04. The van der Waals surface area contributed by atoms with Gasteiger partial charge in [-0.1, -0.05) is 0 Å². The molecule has 0 atom stereocenters. The molecule has 0 spiro atoms. The molecular weight excluding hydrogens is 192 g/mol. The lowest BCUT2D eigenvalue weighted by atomic mass is 10.0. The zero-order valence-electron chi connectivity index (χ0n) is 8.67. The Morgan fingerprint density at radius 1 is 1.47 bits per heavy atom. The fourth-order valence-corrected chi connectivity index (χ4v) is 1.69. The number of hydrogen-bond donors (Lipinski definition) is 2. The molecule has 2 rings (SSSR count). The standard InChI is InChI=1S/C11H14N2O2/c1-12-13-11(14)9-4-5-10-8(7-9)3-2-6-15-10/h4-5,7,12H,2-3,6H2,1H3,(H,13,14). The van der Waals surface area contributed by atoms with Gasteiger partial charge in [0.15, 0.2) is 0 Å². The second-order valence-corrected chi connectivity index (χ2v) is 3.48. The summed E-state index contributed by atoms with van der Waals surface area (Å²) in [5.41, 5.74) is 6.93. The molecule has 2 N–H and O–H groups in total. The highest BCUT2D eigenvalue weighted by atomic mass is 16.5. The summed E-state index contributed by atoms with van der Waals surface area (Å²) in [7, 11) is 1.67. The molecule has 1 aliphatic heterocycles. The van der Waals surface area contributed by atoms with Crippen molar-refractivity contribution in [3.63, 3.8) is 0 Å². The van der Waals surface area contributed by atoms with Crippen molar-refractivity contribution in [3.05, 3.63) is 29.3 Å². The van der Waals surface area contributed by atoms with Gasteiger partial charge in [-0.3, -0.25) is 10.2 Å². The normalized spacial score (nSPS) is 13.9. The van der Waals surface area contributed by atoms with E-state index in [-0.39, 0.29) is 5.91 Å². The molecule has 0 radical (unpaired) electrons. The maximum atomic E-state index is 11.5. The van der Waals surface area contributed by atoms with Crippen molar-refractivity contribution in [1.29, 1.82) is 0 Å². The first kappa shape index (κ1) is 9.98. The van der Waals surface area contributed by atoms with Crippen molar-refractivity contribution in [2.75, 3.05) is 13.7 Å². The Kier molecular flexibility index (Phi) is 2.87. The van der Waals surface area contributed by atoms with Gasteiger partial charge >= 0.3 is 0 Å². The van der Waals surface area contributed by atoms with E-state index in [9.17, 15) is 4.79 Å². The maximum Gasteiger partial charge on any atom is 0.265 e. The molecule has 0 fully saturated rings. The van der Waals surface area contributed by atoms with Crippen molar-refractivity contribution < 1.29 is 9.53 Å². The Morgan fingerprint density at radius 3 is 3.13 bits per heavy atom. The zero-order valence-corrected chi connectivity index (χ0v) is 8.67. The summed E-state index contributed by atoms with van der Waals surface area (Å²) >= 11 is 0. The van der Waals surface area contributed by atoms with Crippen LogP contribution in [0.25, 0.3) is 0 Å². The van der Waals surface area contributed by atoms with Crippen molar-refractivity contribution in [1.82, 2.24) is 10.9 Å². The topological polar surface area (TPSA) is 50.4 Å². The summed E-state index contributed by atoms with van der Waals surface area (Å²) in [4.78, 5) is 11.5. The number of nitrogens with one attached hydrogen (secondary N) is 2. The Morgan fingerprint density at radius 2 is 2.33 bits per heavy atom. The van der Waals surface area contributed by atoms with Gasteiger partial charge in [-0.05, 0) is 36.6 Å². The largest absolute Gasteiger partial charge is 0.493 e. The van der Waals surface area contributed by atoms with Gasteiger partial charge in [0.05, 0.1) is 6.61 Å². The van der Waals surface area contributed by atoms with E-state index in [4.69, 9.17) is 4.74 Å². The predicted octanol–water partition coefficient (Wildman–Crippen LogP) is 0.876. The van der Waals surface area contributed by atoms with Crippen molar-refractivity contribution >= 4 is 5.91 Å². The van der Waals surface area contributed by atoms with Crippen LogP contribution in [0.15, 0.2) is 18.2 Å². The fourth-order valence-electron chi connectivity index (χ4n) is 1.69. The molecule has 4 nitrogen and oxygen atoms in total. The monoisotopic (exact) mass is 206 g/mol. The minimum absolute atomic E-state index is 0.120. The molecule has 1 aliphatic rings. The average molecular weight is 206 g/mol. The number of carbonyl (C=O) groups excluding carboxylic acids is 1. The Hall–Kier alpha value is -1.55. The van der Waals surface area contributed by atoms with Crippen LogP contribution in [0, 0.1) is 0 Å². The number of hydrogen-bond acceptors (Lipinski definition) is 3. The fraction of sp³-hybridized carbons (Fsp3) is 0.364. The third-order valence-electron chi connectivity index (χ3n) is 2.41. The van der Waals surface area contributed by atoms with Crippen LogP contribution in [0.2, 0.25) is 0 Å². The number of benzene rings is 1. The zero-order chi connectivity index (χ0) is 10.7. The Labute approximate surface area is 88.6 Å². The third-order valence-corrected chi connectivity index (χ3v) is 2.41. The van der Waals surface area contributed by atoms with E-state index in [1.807, 2.05) is 12.1 Å². The SMILES string of the molecule is CNNC(=O)c1ccc2c(c1)CCCO2. The van der Waals surface area contributed by atoms with Gasteiger partial charge < -0.3 is 4.74 Å². The number of fused-ring (bicyclic) bond motifs is 1. The van der Waals surface area contributed by atoms with Gasteiger partial charge in [0, 0.05) is 12.6 Å². The summed E-state index contributed by atoms with van der Waals surface area (Å²) < 4.78 is 5.47. The van der Waals surface area contributed by atoms with Crippen LogP contribution in [0.3, 0.4) is 0 Å². The number of carbonyl (C=O) groups is 1. The van der Waals surface area contributed by atoms with Crippen LogP contribution >= 0.6 is 0 Å². The smallest absolute Gasteiger partial charge is 0.265 e. The lowest BCUT2D eigenvalue weighted by Crippen LogP contribution is -2.34. The first-order valence-corrected chi connectivity index (χ1v) is 5.04.